The number of nitrogens with zero attached hydrogens (tertiary/aromatic N) is 1. The lowest BCUT2D eigenvalue weighted by atomic mass is 9.67. The molecule has 3 aromatic rings. The quantitative estimate of drug-likeness (QED) is 0.617. The number of furan rings is 1. The summed E-state index contributed by atoms with van der Waals surface area (Å²) in [6.45, 7) is 0. The molecule has 1 aliphatic heterocycles. The second-order valence-corrected chi connectivity index (χ2v) is 7.93. The average molecular weight is 373 g/mol. The average Bonchev–Trinajstić information content (AvgIpc) is 3.23. The number of hydrogen-bond donors (Lipinski definition) is 0. The van der Waals surface area contributed by atoms with Crippen LogP contribution in [0.5, 0.6) is 5.75 Å². The Morgan fingerprint density at radius 1 is 1.04 bits per heavy atom. The largest absolute Gasteiger partial charge is 0.495 e. The van der Waals surface area contributed by atoms with Crippen molar-refractivity contribution in [2.75, 3.05) is 12.0 Å². The number of amides is 2. The summed E-state index contributed by atoms with van der Waals surface area (Å²) in [5.74, 6) is 0.229. The normalized spacial score (nSPS) is 24.0. The molecule has 1 unspecified atom stereocenters. The number of benzene rings is 2. The van der Waals surface area contributed by atoms with Crippen molar-refractivity contribution in [1.29, 1.82) is 0 Å². The molecule has 140 valence electrons. The van der Waals surface area contributed by atoms with E-state index >= 15 is 0 Å². The fourth-order valence-electron chi connectivity index (χ4n) is 5.32. The minimum Gasteiger partial charge on any atom is -0.495 e. The first kappa shape index (κ1) is 15.9. The van der Waals surface area contributed by atoms with Crippen LogP contribution in [-0.4, -0.2) is 18.9 Å². The Labute approximate surface area is 161 Å². The number of anilines is 1. The van der Waals surface area contributed by atoms with Crippen LogP contribution in [0.25, 0.3) is 21.9 Å². The van der Waals surface area contributed by atoms with Gasteiger partial charge in [0.15, 0.2) is 0 Å². The van der Waals surface area contributed by atoms with Gasteiger partial charge in [0.25, 0.3) is 5.91 Å². The van der Waals surface area contributed by atoms with Crippen LogP contribution in [0.2, 0.25) is 0 Å². The van der Waals surface area contributed by atoms with E-state index in [2.05, 4.69) is 0 Å². The number of fused-ring (bicyclic) bond motifs is 5. The Morgan fingerprint density at radius 3 is 2.57 bits per heavy atom. The van der Waals surface area contributed by atoms with E-state index in [1.165, 1.54) is 10.5 Å². The third-order valence-corrected chi connectivity index (χ3v) is 6.64. The van der Waals surface area contributed by atoms with Crippen LogP contribution < -0.4 is 9.64 Å². The molecule has 4 aliphatic rings. The van der Waals surface area contributed by atoms with Gasteiger partial charge in [-0.25, -0.2) is 4.90 Å². The van der Waals surface area contributed by atoms with Crippen LogP contribution in [0.4, 0.5) is 5.69 Å². The fraction of sp³-hybridized carbons (Fsp3) is 0.304. The highest BCUT2D eigenvalue weighted by Gasteiger charge is 2.53. The summed E-state index contributed by atoms with van der Waals surface area (Å²) in [6, 6.07) is 11.4. The van der Waals surface area contributed by atoms with E-state index in [-0.39, 0.29) is 23.7 Å². The second kappa shape index (κ2) is 5.47. The molecule has 28 heavy (non-hydrogen) atoms. The van der Waals surface area contributed by atoms with Gasteiger partial charge in [0.1, 0.15) is 16.9 Å². The molecule has 2 fully saturated rings. The van der Waals surface area contributed by atoms with Crippen LogP contribution in [-0.2, 0) is 9.59 Å². The predicted octanol–water partition coefficient (Wildman–Crippen LogP) is 4.58. The van der Waals surface area contributed by atoms with Gasteiger partial charge in [0.2, 0.25) is 5.91 Å². The lowest BCUT2D eigenvalue weighted by Crippen LogP contribution is -2.33. The number of hydrogen-bond acceptors (Lipinski definition) is 4. The van der Waals surface area contributed by atoms with Crippen LogP contribution in [0, 0.1) is 11.8 Å². The molecule has 2 amide bonds. The summed E-state index contributed by atoms with van der Waals surface area (Å²) in [5, 5.41) is 1.90. The highest BCUT2D eigenvalue weighted by atomic mass is 16.5. The predicted molar refractivity (Wildman–Crippen MR) is 105 cm³/mol. The van der Waals surface area contributed by atoms with Gasteiger partial charge in [0, 0.05) is 22.4 Å². The number of imide groups is 1. The minimum atomic E-state index is -0.277. The smallest absolute Gasteiger partial charge is 0.261 e. The SMILES string of the molecule is COc1cc2c(cc1N1C(=O)C3=C4CCC(CC4)C3C1=O)oc1ccccc12. The summed E-state index contributed by atoms with van der Waals surface area (Å²) in [5.41, 5.74) is 3.82. The Hall–Kier alpha value is -3.08. The summed E-state index contributed by atoms with van der Waals surface area (Å²) in [6.07, 6.45) is 3.92. The van der Waals surface area contributed by atoms with E-state index < -0.39 is 0 Å². The van der Waals surface area contributed by atoms with Crippen LogP contribution in [0.1, 0.15) is 25.7 Å². The number of carbonyl (C=O) groups is 2. The van der Waals surface area contributed by atoms with Crippen LogP contribution >= 0.6 is 0 Å². The number of carbonyl (C=O) groups excluding carboxylic acids is 2. The molecule has 1 saturated heterocycles. The second-order valence-electron chi connectivity index (χ2n) is 7.93. The van der Waals surface area contributed by atoms with Crippen LogP contribution in [0.15, 0.2) is 52.0 Å². The van der Waals surface area contributed by atoms with E-state index in [1.807, 2.05) is 30.3 Å². The molecule has 1 saturated carbocycles. The van der Waals surface area contributed by atoms with E-state index in [0.717, 1.165) is 47.6 Å². The molecule has 5 heteroatoms. The molecule has 0 spiro atoms. The Kier molecular flexibility index (Phi) is 3.11. The first-order valence-electron chi connectivity index (χ1n) is 9.77. The lowest BCUT2D eigenvalue weighted by Gasteiger charge is -2.34. The maximum Gasteiger partial charge on any atom is 0.261 e. The van der Waals surface area contributed by atoms with Gasteiger partial charge < -0.3 is 9.15 Å². The Balaban J connectivity index is 1.56. The zero-order valence-electron chi connectivity index (χ0n) is 15.5. The van der Waals surface area contributed by atoms with Crippen molar-refractivity contribution >= 4 is 39.4 Å². The third-order valence-electron chi connectivity index (χ3n) is 6.64. The summed E-state index contributed by atoms with van der Waals surface area (Å²) >= 11 is 0. The van der Waals surface area contributed by atoms with E-state index in [9.17, 15) is 9.59 Å². The van der Waals surface area contributed by atoms with Crippen molar-refractivity contribution < 1.29 is 18.7 Å². The molecular weight excluding hydrogens is 354 g/mol. The Morgan fingerprint density at radius 2 is 1.82 bits per heavy atom. The van der Waals surface area contributed by atoms with Crippen molar-refractivity contribution in [3.63, 3.8) is 0 Å². The van der Waals surface area contributed by atoms with E-state index in [0.29, 0.717) is 17.0 Å². The summed E-state index contributed by atoms with van der Waals surface area (Å²) < 4.78 is 11.6. The monoisotopic (exact) mass is 373 g/mol. The molecular formula is C23H19NO4. The van der Waals surface area contributed by atoms with Crippen molar-refractivity contribution in [2.45, 2.75) is 25.7 Å². The topological polar surface area (TPSA) is 59.8 Å². The van der Waals surface area contributed by atoms with Gasteiger partial charge >= 0.3 is 0 Å². The van der Waals surface area contributed by atoms with Crippen molar-refractivity contribution in [3.8, 4) is 5.75 Å². The first-order chi connectivity index (χ1) is 13.7. The van der Waals surface area contributed by atoms with E-state index in [1.54, 1.807) is 13.2 Å². The van der Waals surface area contributed by atoms with Gasteiger partial charge in [-0.15, -0.1) is 0 Å². The number of allylic oxidation sites excluding steroid dienone is 1. The lowest BCUT2D eigenvalue weighted by molar-refractivity contribution is -0.123. The molecule has 2 bridgehead atoms. The molecule has 2 aromatic carbocycles. The molecule has 1 aromatic heterocycles. The van der Waals surface area contributed by atoms with Crippen LogP contribution in [0.3, 0.4) is 0 Å². The standard InChI is InChI=1S/C23H19NO4/c1-27-19-10-15-14-4-2-3-5-17(14)28-18(15)11-16(19)24-22(25)20-12-6-7-13(9-8-12)21(20)23(24)26/h2-5,10-12,20H,6-9H2,1H3. The summed E-state index contributed by atoms with van der Waals surface area (Å²) in [4.78, 5) is 27.9. The number of para-hydroxylation sites is 1. The highest BCUT2D eigenvalue weighted by Crippen LogP contribution is 2.51. The van der Waals surface area contributed by atoms with Crippen molar-refractivity contribution in [2.24, 2.45) is 11.8 Å². The first-order valence-corrected chi connectivity index (χ1v) is 9.77. The zero-order chi connectivity index (χ0) is 19.0. The molecule has 0 N–H and O–H groups in total. The van der Waals surface area contributed by atoms with E-state index in [4.69, 9.17) is 9.15 Å². The molecule has 5 nitrogen and oxygen atoms in total. The molecule has 3 aliphatic carbocycles. The van der Waals surface area contributed by atoms with Gasteiger partial charge in [0.05, 0.1) is 18.7 Å². The van der Waals surface area contributed by atoms with Gasteiger partial charge in [-0.1, -0.05) is 23.8 Å². The number of rotatable bonds is 2. The highest BCUT2D eigenvalue weighted by molar-refractivity contribution is 6.31. The maximum absolute atomic E-state index is 13.3. The Bertz CT molecular complexity index is 1210. The third kappa shape index (κ3) is 1.91. The molecule has 7 rings (SSSR count). The van der Waals surface area contributed by atoms with Crippen molar-refractivity contribution in [1.82, 2.24) is 0 Å². The van der Waals surface area contributed by atoms with Gasteiger partial charge in [-0.2, -0.15) is 0 Å². The minimum absolute atomic E-state index is 0.115. The fourth-order valence-corrected chi connectivity index (χ4v) is 5.32. The van der Waals surface area contributed by atoms with Crippen molar-refractivity contribution in [3.05, 3.63) is 47.5 Å². The maximum atomic E-state index is 13.3. The molecule has 0 radical (unpaired) electrons. The summed E-state index contributed by atoms with van der Waals surface area (Å²) in [7, 11) is 1.57. The zero-order valence-corrected chi connectivity index (χ0v) is 15.5. The molecule has 2 heterocycles. The number of methoxy groups -OCH3 is 1. The molecule has 1 atom stereocenters. The number of ether oxygens (including phenoxy) is 1. The van der Waals surface area contributed by atoms with Gasteiger partial charge in [-0.3, -0.25) is 9.59 Å². The van der Waals surface area contributed by atoms with Gasteiger partial charge in [-0.05, 0) is 43.7 Å².